The SMILES string of the molecule is Fc1ccc(-c2cccc3[nH]c(-c4n[nH]c5cnc(-c6cncc(OC7CCCCC7)c6)cc45)cc23)cc1. The van der Waals surface area contributed by atoms with Gasteiger partial charge >= 0.3 is 0 Å². The zero-order valence-corrected chi connectivity index (χ0v) is 20.7. The molecule has 188 valence electrons. The lowest BCUT2D eigenvalue weighted by atomic mass is 9.98. The first-order valence-electron chi connectivity index (χ1n) is 13.1. The molecule has 6 aromatic rings. The van der Waals surface area contributed by atoms with Crippen LogP contribution in [0.1, 0.15) is 32.1 Å². The van der Waals surface area contributed by atoms with Crippen LogP contribution in [0.2, 0.25) is 0 Å². The van der Waals surface area contributed by atoms with Crippen molar-refractivity contribution in [3.63, 3.8) is 0 Å². The van der Waals surface area contributed by atoms with Crippen molar-refractivity contribution < 1.29 is 9.13 Å². The van der Waals surface area contributed by atoms with Gasteiger partial charge in [-0.25, -0.2) is 4.39 Å². The first-order chi connectivity index (χ1) is 18.7. The molecule has 0 atom stereocenters. The predicted octanol–water partition coefficient (Wildman–Crippen LogP) is 7.69. The van der Waals surface area contributed by atoms with Crippen molar-refractivity contribution in [2.24, 2.45) is 0 Å². The normalized spacial score (nSPS) is 14.3. The fourth-order valence-corrected chi connectivity index (χ4v) is 5.44. The second-order valence-corrected chi connectivity index (χ2v) is 9.93. The molecule has 0 saturated heterocycles. The molecule has 6 nitrogen and oxygen atoms in total. The highest BCUT2D eigenvalue weighted by atomic mass is 19.1. The number of rotatable bonds is 5. The summed E-state index contributed by atoms with van der Waals surface area (Å²) in [5.41, 5.74) is 7.26. The summed E-state index contributed by atoms with van der Waals surface area (Å²) in [5.74, 6) is 0.539. The van der Waals surface area contributed by atoms with Crippen LogP contribution < -0.4 is 4.74 Å². The van der Waals surface area contributed by atoms with Crippen LogP contribution in [0.4, 0.5) is 4.39 Å². The quantitative estimate of drug-likeness (QED) is 0.253. The van der Waals surface area contributed by atoms with Crippen molar-refractivity contribution in [3.05, 3.63) is 85.1 Å². The zero-order valence-electron chi connectivity index (χ0n) is 20.7. The number of hydrogen-bond donors (Lipinski definition) is 2. The van der Waals surface area contributed by atoms with Gasteiger partial charge in [-0.05, 0) is 73.2 Å². The summed E-state index contributed by atoms with van der Waals surface area (Å²) in [6.07, 6.45) is 11.6. The average Bonchev–Trinajstić information content (AvgIpc) is 3.58. The van der Waals surface area contributed by atoms with Crippen LogP contribution in [0.5, 0.6) is 5.75 Å². The Balaban J connectivity index is 1.25. The fraction of sp³-hybridized carbons (Fsp3) is 0.194. The molecule has 7 rings (SSSR count). The number of nitrogens with zero attached hydrogens (tertiary/aromatic N) is 3. The van der Waals surface area contributed by atoms with E-state index in [9.17, 15) is 4.39 Å². The van der Waals surface area contributed by atoms with Gasteiger partial charge in [0.1, 0.15) is 17.3 Å². The molecule has 0 spiro atoms. The molecule has 38 heavy (non-hydrogen) atoms. The van der Waals surface area contributed by atoms with Crippen LogP contribution in [0.25, 0.3) is 55.6 Å². The first-order valence-corrected chi connectivity index (χ1v) is 13.1. The lowest BCUT2D eigenvalue weighted by Gasteiger charge is -2.22. The van der Waals surface area contributed by atoms with Gasteiger partial charge in [0, 0.05) is 28.0 Å². The van der Waals surface area contributed by atoms with Crippen LogP contribution in [0.3, 0.4) is 0 Å². The van der Waals surface area contributed by atoms with Crippen molar-refractivity contribution in [3.8, 4) is 39.5 Å². The highest BCUT2D eigenvalue weighted by molar-refractivity contribution is 6.01. The zero-order chi connectivity index (χ0) is 25.5. The van der Waals surface area contributed by atoms with Gasteiger partial charge in [-0.3, -0.25) is 15.1 Å². The number of ether oxygens (including phenoxy) is 1. The third kappa shape index (κ3) is 4.20. The lowest BCUT2D eigenvalue weighted by molar-refractivity contribution is 0.154. The average molecular weight is 504 g/mol. The molecule has 4 heterocycles. The third-order valence-corrected chi connectivity index (χ3v) is 7.39. The molecular formula is C31H26FN5O. The van der Waals surface area contributed by atoms with E-state index in [-0.39, 0.29) is 11.9 Å². The Hall–Kier alpha value is -4.52. The lowest BCUT2D eigenvalue weighted by Crippen LogP contribution is -2.19. The van der Waals surface area contributed by atoms with Crippen molar-refractivity contribution >= 4 is 21.8 Å². The van der Waals surface area contributed by atoms with Gasteiger partial charge in [0.2, 0.25) is 0 Å². The molecule has 0 bridgehead atoms. The summed E-state index contributed by atoms with van der Waals surface area (Å²) in [7, 11) is 0. The molecule has 1 aliphatic rings. The van der Waals surface area contributed by atoms with Crippen LogP contribution in [-0.4, -0.2) is 31.3 Å². The van der Waals surface area contributed by atoms with Crippen molar-refractivity contribution in [2.75, 3.05) is 0 Å². The van der Waals surface area contributed by atoms with E-state index in [1.165, 1.54) is 31.4 Å². The fourth-order valence-electron chi connectivity index (χ4n) is 5.44. The highest BCUT2D eigenvalue weighted by Crippen LogP contribution is 2.35. The number of hydrogen-bond acceptors (Lipinski definition) is 4. The Bertz CT molecular complexity index is 1750. The molecule has 0 radical (unpaired) electrons. The van der Waals surface area contributed by atoms with Gasteiger partial charge in [-0.15, -0.1) is 0 Å². The molecule has 7 heteroatoms. The van der Waals surface area contributed by atoms with Crippen LogP contribution in [0.15, 0.2) is 79.3 Å². The maximum absolute atomic E-state index is 13.5. The standard InChI is InChI=1S/C31H26FN5O/c32-21-11-9-19(10-12-21)24-7-4-8-27-25(24)14-29(35-27)31-26-15-28(34-18-30(26)36-37-31)20-13-23(17-33-16-20)38-22-5-2-1-3-6-22/h4,7-18,22,35H,1-3,5-6H2,(H,36,37). The summed E-state index contributed by atoms with van der Waals surface area (Å²) in [6, 6.07) is 18.8. The second kappa shape index (κ2) is 9.41. The van der Waals surface area contributed by atoms with Crippen molar-refractivity contribution in [1.82, 2.24) is 25.1 Å². The largest absolute Gasteiger partial charge is 0.489 e. The summed E-state index contributed by atoms with van der Waals surface area (Å²) in [6.45, 7) is 0. The molecule has 1 aliphatic carbocycles. The molecule has 0 aliphatic heterocycles. The van der Waals surface area contributed by atoms with Gasteiger partial charge in [-0.1, -0.05) is 30.7 Å². The van der Waals surface area contributed by atoms with Gasteiger partial charge in [0.05, 0.1) is 35.4 Å². The van der Waals surface area contributed by atoms with Gasteiger partial charge in [-0.2, -0.15) is 5.10 Å². The minimum Gasteiger partial charge on any atom is -0.489 e. The Morgan fingerprint density at radius 1 is 0.816 bits per heavy atom. The van der Waals surface area contributed by atoms with Crippen molar-refractivity contribution in [1.29, 1.82) is 0 Å². The Labute approximate surface area is 218 Å². The number of halogens is 1. The monoisotopic (exact) mass is 503 g/mol. The van der Waals surface area contributed by atoms with Crippen LogP contribution >= 0.6 is 0 Å². The molecule has 2 N–H and O–H groups in total. The molecule has 0 amide bonds. The van der Waals surface area contributed by atoms with E-state index >= 15 is 0 Å². The number of pyridine rings is 2. The smallest absolute Gasteiger partial charge is 0.138 e. The molecule has 1 saturated carbocycles. The van der Waals surface area contributed by atoms with E-state index in [4.69, 9.17) is 4.74 Å². The predicted molar refractivity (Wildman–Crippen MR) is 147 cm³/mol. The minimum atomic E-state index is -0.246. The molecule has 2 aromatic carbocycles. The Morgan fingerprint density at radius 2 is 1.68 bits per heavy atom. The Morgan fingerprint density at radius 3 is 2.55 bits per heavy atom. The summed E-state index contributed by atoms with van der Waals surface area (Å²) in [4.78, 5) is 12.6. The second-order valence-electron chi connectivity index (χ2n) is 9.93. The highest BCUT2D eigenvalue weighted by Gasteiger charge is 2.17. The number of H-pyrrole nitrogens is 2. The number of nitrogens with one attached hydrogen (secondary N) is 2. The minimum absolute atomic E-state index is 0.246. The summed E-state index contributed by atoms with van der Waals surface area (Å²) < 4.78 is 19.7. The number of benzene rings is 2. The maximum atomic E-state index is 13.5. The van der Waals surface area contributed by atoms with Gasteiger partial charge in [0.25, 0.3) is 0 Å². The van der Waals surface area contributed by atoms with E-state index in [1.807, 2.05) is 42.7 Å². The van der Waals surface area contributed by atoms with Gasteiger partial charge < -0.3 is 9.72 Å². The molecule has 4 aromatic heterocycles. The number of aromatic amines is 2. The maximum Gasteiger partial charge on any atom is 0.138 e. The topological polar surface area (TPSA) is 79.5 Å². The van der Waals surface area contributed by atoms with Crippen LogP contribution in [-0.2, 0) is 0 Å². The van der Waals surface area contributed by atoms with Gasteiger partial charge in [0.15, 0.2) is 0 Å². The summed E-state index contributed by atoms with van der Waals surface area (Å²) >= 11 is 0. The van der Waals surface area contributed by atoms with E-state index in [0.29, 0.717) is 0 Å². The van der Waals surface area contributed by atoms with Crippen molar-refractivity contribution in [2.45, 2.75) is 38.2 Å². The number of fused-ring (bicyclic) bond motifs is 2. The van der Waals surface area contributed by atoms with E-state index in [0.717, 1.165) is 74.2 Å². The Kier molecular flexibility index (Phi) is 5.61. The van der Waals surface area contributed by atoms with E-state index in [2.05, 4.69) is 31.2 Å². The van der Waals surface area contributed by atoms with Crippen LogP contribution in [0, 0.1) is 5.82 Å². The molecular weight excluding hydrogens is 477 g/mol. The van der Waals surface area contributed by atoms with E-state index < -0.39 is 0 Å². The number of aromatic nitrogens is 5. The molecule has 0 unspecified atom stereocenters. The first kappa shape index (κ1) is 22.7. The third-order valence-electron chi connectivity index (χ3n) is 7.39. The summed E-state index contributed by atoms with van der Waals surface area (Å²) in [5, 5.41) is 9.75. The molecule has 1 fully saturated rings. The van der Waals surface area contributed by atoms with E-state index in [1.54, 1.807) is 18.3 Å².